The average molecular weight is 568 g/mol. The summed E-state index contributed by atoms with van der Waals surface area (Å²) in [4.78, 5) is 12.9. The number of amides is 1. The lowest BCUT2D eigenvalue weighted by atomic mass is 9.88. The molecule has 1 heterocycles. The minimum atomic E-state index is -2.95. The quantitative estimate of drug-likeness (QED) is 0.415. The van der Waals surface area contributed by atoms with Crippen LogP contribution in [0.3, 0.4) is 0 Å². The van der Waals surface area contributed by atoms with Gasteiger partial charge < -0.3 is 10.1 Å². The average Bonchev–Trinajstić information content (AvgIpc) is 3.19. The van der Waals surface area contributed by atoms with Crippen LogP contribution >= 0.6 is 27.5 Å². The predicted octanol–water partition coefficient (Wildman–Crippen LogP) is 4.39. The normalized spacial score (nSPS) is 16.7. The Balaban J connectivity index is 1.67. The number of nitrogens with zero attached hydrogens (tertiary/aromatic N) is 1. The molecule has 34 heavy (non-hydrogen) atoms. The molecule has 1 aliphatic rings. The van der Waals surface area contributed by atoms with Gasteiger partial charge in [0.25, 0.3) is 5.91 Å². The molecule has 0 saturated heterocycles. The maximum atomic E-state index is 13.5. The van der Waals surface area contributed by atoms with Gasteiger partial charge in [-0.05, 0) is 58.2 Å². The molecule has 0 radical (unpaired) electrons. The third kappa shape index (κ3) is 4.78. The number of carbonyl (C=O) groups excluding carboxylic acids is 1. The van der Waals surface area contributed by atoms with Gasteiger partial charge in [0.05, 0.1) is 5.69 Å². The minimum Gasteiger partial charge on any atom is -0.472 e. The molecule has 4 rings (SSSR count). The molecule has 0 spiro atoms. The Morgan fingerprint density at radius 2 is 1.85 bits per heavy atom. The maximum absolute atomic E-state index is 13.5. The number of rotatable bonds is 7. The summed E-state index contributed by atoms with van der Waals surface area (Å²) in [5.41, 5.74) is 1.17. The number of likely N-dealkylation sites (N-methyl/N-ethyl adjacent to an activating group) is 1. The van der Waals surface area contributed by atoms with E-state index in [-0.39, 0.29) is 18.9 Å². The highest BCUT2D eigenvalue weighted by atomic mass is 79.9. The Labute approximate surface area is 211 Å². The second-order valence-electron chi connectivity index (χ2n) is 7.84. The van der Waals surface area contributed by atoms with Crippen molar-refractivity contribution in [2.75, 3.05) is 17.9 Å². The summed E-state index contributed by atoms with van der Waals surface area (Å²) in [5.74, 6) is -0.422. The summed E-state index contributed by atoms with van der Waals surface area (Å²) in [6.07, 6.45) is 0.684. The summed E-state index contributed by atoms with van der Waals surface area (Å²) >= 11 is 9.41. The van der Waals surface area contributed by atoms with E-state index in [1.165, 1.54) is 35.6 Å². The van der Waals surface area contributed by atoms with E-state index in [1.54, 1.807) is 24.3 Å². The van der Waals surface area contributed by atoms with E-state index in [4.69, 9.17) is 16.3 Å². The lowest BCUT2D eigenvalue weighted by Crippen LogP contribution is -2.46. The molecule has 10 heteroatoms. The molecule has 1 atom stereocenters. The van der Waals surface area contributed by atoms with Gasteiger partial charge in [-0.25, -0.2) is 12.8 Å². The Morgan fingerprint density at radius 1 is 1.18 bits per heavy atom. The predicted molar refractivity (Wildman–Crippen MR) is 133 cm³/mol. The third-order valence-electron chi connectivity index (χ3n) is 5.76. The van der Waals surface area contributed by atoms with Gasteiger partial charge in [-0.1, -0.05) is 35.9 Å². The van der Waals surface area contributed by atoms with E-state index in [0.717, 1.165) is 11.1 Å². The van der Waals surface area contributed by atoms with Gasteiger partial charge >= 0.3 is 0 Å². The molecule has 0 aliphatic carbocycles. The molecule has 0 saturated carbocycles. The van der Waals surface area contributed by atoms with E-state index in [9.17, 15) is 17.6 Å². The van der Waals surface area contributed by atoms with Gasteiger partial charge in [0.2, 0.25) is 16.5 Å². The SMILES string of the molecule is CNC(=O)C1(c2ccc(F)cc2)Cc2cc(Br)c(N(CCc3ccc(Cl)cc3)[SH](=O)=O)cc2O1. The number of fused-ring (bicyclic) bond motifs is 1. The van der Waals surface area contributed by atoms with E-state index in [2.05, 4.69) is 21.2 Å². The molecule has 0 aromatic heterocycles. The number of benzene rings is 3. The van der Waals surface area contributed by atoms with Gasteiger partial charge in [-0.15, -0.1) is 0 Å². The smallest absolute Gasteiger partial charge is 0.269 e. The van der Waals surface area contributed by atoms with E-state index < -0.39 is 22.3 Å². The fourth-order valence-corrected chi connectivity index (χ4v) is 5.50. The minimum absolute atomic E-state index is 0.205. The highest BCUT2D eigenvalue weighted by Gasteiger charge is 2.48. The fourth-order valence-electron chi connectivity index (χ4n) is 4.02. The van der Waals surface area contributed by atoms with Crippen molar-refractivity contribution in [1.82, 2.24) is 5.32 Å². The number of thiol groups is 1. The van der Waals surface area contributed by atoms with Crippen LogP contribution in [0.1, 0.15) is 16.7 Å². The number of hydrogen-bond acceptors (Lipinski definition) is 4. The van der Waals surface area contributed by atoms with Crippen LogP contribution in [0.5, 0.6) is 5.75 Å². The summed E-state index contributed by atoms with van der Waals surface area (Å²) < 4.78 is 45.8. The monoisotopic (exact) mass is 566 g/mol. The standard InChI is InChI=1S/C24H21BrClFN2O4S/c1-28-23(30)24(17-4-8-19(27)9-5-17)14-16-12-20(25)21(13-22(16)33-24)29(34(31)32)11-10-15-2-6-18(26)7-3-15/h2-9,12-13,34H,10-11,14H2,1H3,(H,28,30). The van der Waals surface area contributed by atoms with Crippen molar-refractivity contribution in [3.05, 3.63) is 92.7 Å². The topological polar surface area (TPSA) is 75.7 Å². The van der Waals surface area contributed by atoms with Gasteiger partial charge in [0.15, 0.2) is 0 Å². The van der Waals surface area contributed by atoms with Crippen molar-refractivity contribution in [3.8, 4) is 5.75 Å². The van der Waals surface area contributed by atoms with Crippen molar-refractivity contribution in [1.29, 1.82) is 0 Å². The molecule has 178 valence electrons. The Bertz CT molecular complexity index is 1290. The molecule has 3 aromatic rings. The molecule has 0 fully saturated rings. The molecular formula is C24H21BrClFN2O4S. The van der Waals surface area contributed by atoms with Crippen LogP contribution in [-0.4, -0.2) is 27.9 Å². The van der Waals surface area contributed by atoms with Crippen LogP contribution in [0.4, 0.5) is 10.1 Å². The van der Waals surface area contributed by atoms with Crippen molar-refractivity contribution < 1.29 is 22.3 Å². The Morgan fingerprint density at radius 3 is 2.47 bits per heavy atom. The fraction of sp³-hybridized carbons (Fsp3) is 0.208. The molecule has 1 N–H and O–H groups in total. The van der Waals surface area contributed by atoms with Crippen LogP contribution in [0.15, 0.2) is 65.1 Å². The van der Waals surface area contributed by atoms with Crippen LogP contribution in [0, 0.1) is 5.82 Å². The van der Waals surface area contributed by atoms with Gasteiger partial charge in [-0.2, -0.15) is 0 Å². The second-order valence-corrected chi connectivity index (χ2v) is 10.1. The number of anilines is 1. The Kier molecular flexibility index (Phi) is 7.16. The van der Waals surface area contributed by atoms with Gasteiger partial charge in [-0.3, -0.25) is 9.10 Å². The molecule has 1 unspecified atom stereocenters. The number of nitrogens with one attached hydrogen (secondary N) is 1. The van der Waals surface area contributed by atoms with Gasteiger partial charge in [0.1, 0.15) is 11.6 Å². The van der Waals surface area contributed by atoms with Crippen LogP contribution in [0.2, 0.25) is 5.02 Å². The summed E-state index contributed by atoms with van der Waals surface area (Å²) in [5, 5.41) is 3.23. The van der Waals surface area contributed by atoms with E-state index in [0.29, 0.717) is 32.9 Å². The van der Waals surface area contributed by atoms with Crippen molar-refractivity contribution in [3.63, 3.8) is 0 Å². The maximum Gasteiger partial charge on any atom is 0.269 e. The first-order chi connectivity index (χ1) is 16.2. The largest absolute Gasteiger partial charge is 0.472 e. The van der Waals surface area contributed by atoms with E-state index in [1.807, 2.05) is 12.1 Å². The molecular weight excluding hydrogens is 547 g/mol. The van der Waals surface area contributed by atoms with Crippen LogP contribution < -0.4 is 14.4 Å². The molecule has 6 nitrogen and oxygen atoms in total. The van der Waals surface area contributed by atoms with Gasteiger partial charge in [0, 0.05) is 46.7 Å². The lowest BCUT2D eigenvalue weighted by molar-refractivity contribution is -0.135. The van der Waals surface area contributed by atoms with Crippen LogP contribution in [0.25, 0.3) is 0 Å². The first kappa shape index (κ1) is 24.5. The first-order valence-corrected chi connectivity index (χ1v) is 12.7. The zero-order valence-electron chi connectivity index (χ0n) is 18.1. The number of hydrogen-bond donors (Lipinski definition) is 2. The highest BCUT2D eigenvalue weighted by Crippen LogP contribution is 2.45. The molecule has 0 bridgehead atoms. The summed E-state index contributed by atoms with van der Waals surface area (Å²) in [7, 11) is -1.45. The number of halogens is 3. The third-order valence-corrected chi connectivity index (χ3v) is 7.46. The van der Waals surface area contributed by atoms with Crippen molar-refractivity contribution in [2.45, 2.75) is 18.4 Å². The summed E-state index contributed by atoms with van der Waals surface area (Å²) in [6.45, 7) is 0.205. The zero-order chi connectivity index (χ0) is 24.5. The highest BCUT2D eigenvalue weighted by molar-refractivity contribution is 9.10. The molecule has 3 aromatic carbocycles. The lowest BCUT2D eigenvalue weighted by Gasteiger charge is -2.27. The zero-order valence-corrected chi connectivity index (χ0v) is 21.3. The van der Waals surface area contributed by atoms with Crippen LogP contribution in [-0.2, 0) is 34.1 Å². The second kappa shape index (κ2) is 9.93. The number of ether oxygens (including phenoxy) is 1. The molecule has 1 amide bonds. The van der Waals surface area contributed by atoms with E-state index >= 15 is 0 Å². The number of carbonyl (C=O) groups is 1. The summed E-state index contributed by atoms with van der Waals surface area (Å²) in [6, 6.07) is 16.1. The molecule has 1 aliphatic heterocycles. The first-order valence-electron chi connectivity index (χ1n) is 10.4. The van der Waals surface area contributed by atoms with Crippen molar-refractivity contribution in [2.24, 2.45) is 0 Å². The van der Waals surface area contributed by atoms with Crippen molar-refractivity contribution >= 4 is 50.0 Å². The Hall–Kier alpha value is -2.62.